The lowest BCUT2D eigenvalue weighted by Gasteiger charge is -2.13. The minimum atomic E-state index is 0.202. The van der Waals surface area contributed by atoms with Crippen LogP contribution in [0.15, 0.2) is 6.20 Å². The number of thioether (sulfide) groups is 1. The summed E-state index contributed by atoms with van der Waals surface area (Å²) in [5.74, 6) is 3.73. The highest BCUT2D eigenvalue weighted by molar-refractivity contribution is 7.98. The number of ketones is 1. The first-order valence-electron chi connectivity index (χ1n) is 6.12. The van der Waals surface area contributed by atoms with Crippen LogP contribution in [0, 0.1) is 5.92 Å². The van der Waals surface area contributed by atoms with Crippen LogP contribution in [-0.2, 0) is 12.2 Å². The van der Waals surface area contributed by atoms with Gasteiger partial charge in [-0.05, 0) is 24.5 Å². The number of rotatable bonds is 4. The molecule has 0 saturated heterocycles. The van der Waals surface area contributed by atoms with Gasteiger partial charge in [-0.1, -0.05) is 13.8 Å². The maximum absolute atomic E-state index is 11.6. The zero-order valence-electron chi connectivity index (χ0n) is 10.4. The highest BCUT2D eigenvalue weighted by Gasteiger charge is 2.19. The molecule has 0 aromatic carbocycles. The Hall–Kier alpha value is -0.900. The van der Waals surface area contributed by atoms with Gasteiger partial charge in [0.15, 0.2) is 5.78 Å². The highest BCUT2D eigenvalue weighted by Crippen LogP contribution is 2.20. The second kappa shape index (κ2) is 5.63. The molecule has 3 nitrogen and oxygen atoms in total. The molecule has 0 saturated carbocycles. The molecule has 17 heavy (non-hydrogen) atoms. The van der Waals surface area contributed by atoms with E-state index in [-0.39, 0.29) is 5.78 Å². The van der Waals surface area contributed by atoms with E-state index in [9.17, 15) is 4.79 Å². The summed E-state index contributed by atoms with van der Waals surface area (Å²) >= 11 is 1.86. The van der Waals surface area contributed by atoms with Crippen molar-refractivity contribution in [1.82, 2.24) is 9.97 Å². The smallest absolute Gasteiger partial charge is 0.166 e. The molecule has 1 heterocycles. The number of fused-ring (bicyclic) bond motifs is 1. The minimum Gasteiger partial charge on any atom is -0.294 e. The lowest BCUT2D eigenvalue weighted by molar-refractivity contribution is 0.0971. The molecule has 0 radical (unpaired) electrons. The van der Waals surface area contributed by atoms with Crippen LogP contribution in [0.4, 0.5) is 0 Å². The predicted molar refractivity (Wildman–Crippen MR) is 70.3 cm³/mol. The Bertz CT molecular complexity index is 418. The summed E-state index contributed by atoms with van der Waals surface area (Å²) in [6.07, 6.45) is 4.22. The van der Waals surface area contributed by atoms with Gasteiger partial charge in [-0.25, -0.2) is 9.97 Å². The molecule has 0 atom stereocenters. The SMILES string of the molecule is CC(C)CSCc1ncc2c(n1)CCCC2=O. The third kappa shape index (κ3) is 3.28. The fourth-order valence-electron chi connectivity index (χ4n) is 1.89. The zero-order valence-corrected chi connectivity index (χ0v) is 11.2. The van der Waals surface area contributed by atoms with E-state index in [1.807, 2.05) is 11.8 Å². The van der Waals surface area contributed by atoms with Crippen molar-refractivity contribution < 1.29 is 4.79 Å². The summed E-state index contributed by atoms with van der Waals surface area (Å²) in [7, 11) is 0. The van der Waals surface area contributed by atoms with Crippen molar-refractivity contribution in [3.63, 3.8) is 0 Å². The number of carbonyl (C=O) groups excluding carboxylic acids is 1. The Balaban J connectivity index is 2.03. The molecule has 4 heteroatoms. The molecule has 0 N–H and O–H groups in total. The third-order valence-corrected chi connectivity index (χ3v) is 4.08. The molecule has 1 aromatic rings. The number of aromatic nitrogens is 2. The van der Waals surface area contributed by atoms with Crippen LogP contribution in [0.25, 0.3) is 0 Å². The second-order valence-electron chi connectivity index (χ2n) is 4.83. The van der Waals surface area contributed by atoms with E-state index >= 15 is 0 Å². The van der Waals surface area contributed by atoms with Gasteiger partial charge in [-0.2, -0.15) is 11.8 Å². The first kappa shape index (κ1) is 12.6. The number of carbonyl (C=O) groups is 1. The summed E-state index contributed by atoms with van der Waals surface area (Å²) in [4.78, 5) is 20.4. The molecule has 0 unspecified atom stereocenters. The summed E-state index contributed by atoms with van der Waals surface area (Å²) in [6, 6.07) is 0. The van der Waals surface area contributed by atoms with Gasteiger partial charge in [-0.3, -0.25) is 4.79 Å². The van der Waals surface area contributed by atoms with Gasteiger partial charge >= 0.3 is 0 Å². The Morgan fingerprint density at radius 3 is 3.00 bits per heavy atom. The van der Waals surface area contributed by atoms with E-state index in [0.29, 0.717) is 12.3 Å². The lowest BCUT2D eigenvalue weighted by atomic mass is 9.96. The van der Waals surface area contributed by atoms with Crippen LogP contribution >= 0.6 is 11.8 Å². The molecule has 1 aliphatic carbocycles. The predicted octanol–water partition coefficient (Wildman–Crippen LogP) is 2.88. The molecule has 0 aliphatic heterocycles. The first-order valence-corrected chi connectivity index (χ1v) is 7.28. The van der Waals surface area contributed by atoms with E-state index in [0.717, 1.165) is 41.4 Å². The van der Waals surface area contributed by atoms with Crippen LogP contribution in [0.5, 0.6) is 0 Å². The molecular weight excluding hydrogens is 232 g/mol. The fourth-order valence-corrected chi connectivity index (χ4v) is 2.80. The van der Waals surface area contributed by atoms with E-state index in [1.165, 1.54) is 0 Å². The normalized spacial score (nSPS) is 15.1. The van der Waals surface area contributed by atoms with Crippen molar-refractivity contribution in [2.24, 2.45) is 5.92 Å². The maximum atomic E-state index is 11.6. The van der Waals surface area contributed by atoms with Crippen molar-refractivity contribution >= 4 is 17.5 Å². The number of aryl methyl sites for hydroxylation is 1. The standard InChI is InChI=1S/C13H18N2OS/c1-9(2)7-17-8-13-14-6-10-11(15-13)4-3-5-12(10)16/h6,9H,3-5,7-8H2,1-2H3. The van der Waals surface area contributed by atoms with Gasteiger partial charge in [0, 0.05) is 12.6 Å². The quantitative estimate of drug-likeness (QED) is 0.824. The first-order chi connectivity index (χ1) is 8.16. The molecule has 92 valence electrons. The van der Waals surface area contributed by atoms with Gasteiger partial charge in [0.2, 0.25) is 0 Å². The van der Waals surface area contributed by atoms with Crippen molar-refractivity contribution in [3.8, 4) is 0 Å². The summed E-state index contributed by atoms with van der Waals surface area (Å²) in [5, 5.41) is 0. The van der Waals surface area contributed by atoms with Crippen molar-refractivity contribution in [1.29, 1.82) is 0 Å². The monoisotopic (exact) mass is 250 g/mol. The Morgan fingerprint density at radius 1 is 1.41 bits per heavy atom. The zero-order chi connectivity index (χ0) is 12.3. The Labute approximate surface area is 106 Å². The average Bonchev–Trinajstić information content (AvgIpc) is 2.29. The number of Topliss-reactive ketones (excluding diaryl/α,β-unsaturated/α-hetero) is 1. The minimum absolute atomic E-state index is 0.202. The van der Waals surface area contributed by atoms with E-state index in [1.54, 1.807) is 6.20 Å². The molecule has 1 aromatic heterocycles. The molecule has 1 aliphatic rings. The number of nitrogens with zero attached hydrogens (tertiary/aromatic N) is 2. The van der Waals surface area contributed by atoms with Gasteiger partial charge in [-0.15, -0.1) is 0 Å². The average molecular weight is 250 g/mol. The van der Waals surface area contributed by atoms with E-state index in [4.69, 9.17) is 0 Å². The van der Waals surface area contributed by atoms with Crippen LogP contribution in [0.3, 0.4) is 0 Å². The van der Waals surface area contributed by atoms with Crippen molar-refractivity contribution in [2.45, 2.75) is 38.9 Å². The number of hydrogen-bond acceptors (Lipinski definition) is 4. The van der Waals surface area contributed by atoms with Crippen LogP contribution in [0.1, 0.15) is 48.6 Å². The Kier molecular flexibility index (Phi) is 4.15. The molecule has 0 fully saturated rings. The Morgan fingerprint density at radius 2 is 2.24 bits per heavy atom. The molecule has 0 spiro atoms. The molecule has 0 amide bonds. The maximum Gasteiger partial charge on any atom is 0.166 e. The topological polar surface area (TPSA) is 42.9 Å². The van der Waals surface area contributed by atoms with Crippen LogP contribution in [-0.4, -0.2) is 21.5 Å². The summed E-state index contributed by atoms with van der Waals surface area (Å²) in [6.45, 7) is 4.42. The van der Waals surface area contributed by atoms with Crippen LogP contribution in [0.2, 0.25) is 0 Å². The van der Waals surface area contributed by atoms with Gasteiger partial charge in [0.25, 0.3) is 0 Å². The largest absolute Gasteiger partial charge is 0.294 e. The third-order valence-electron chi connectivity index (χ3n) is 2.72. The van der Waals surface area contributed by atoms with E-state index in [2.05, 4.69) is 23.8 Å². The van der Waals surface area contributed by atoms with Gasteiger partial charge < -0.3 is 0 Å². The molecule has 2 rings (SSSR count). The number of hydrogen-bond donors (Lipinski definition) is 0. The van der Waals surface area contributed by atoms with E-state index < -0.39 is 0 Å². The van der Waals surface area contributed by atoms with Crippen molar-refractivity contribution in [3.05, 3.63) is 23.3 Å². The fraction of sp³-hybridized carbons (Fsp3) is 0.615. The second-order valence-corrected chi connectivity index (χ2v) is 5.86. The van der Waals surface area contributed by atoms with Gasteiger partial charge in [0.1, 0.15) is 5.82 Å². The van der Waals surface area contributed by atoms with Gasteiger partial charge in [0.05, 0.1) is 17.0 Å². The molecule has 0 bridgehead atoms. The van der Waals surface area contributed by atoms with Crippen molar-refractivity contribution in [2.75, 3.05) is 5.75 Å². The molecular formula is C13H18N2OS. The summed E-state index contributed by atoms with van der Waals surface area (Å²) in [5.41, 5.74) is 1.70. The summed E-state index contributed by atoms with van der Waals surface area (Å²) < 4.78 is 0. The van der Waals surface area contributed by atoms with Crippen LogP contribution < -0.4 is 0 Å². The highest BCUT2D eigenvalue weighted by atomic mass is 32.2. The lowest BCUT2D eigenvalue weighted by Crippen LogP contribution is -2.14.